The third-order valence-corrected chi connectivity index (χ3v) is 3.53. The van der Waals surface area contributed by atoms with E-state index in [1.165, 1.54) is 12.3 Å². The Balaban J connectivity index is 1.73. The van der Waals surface area contributed by atoms with E-state index in [0.717, 1.165) is 25.7 Å². The van der Waals surface area contributed by atoms with Gasteiger partial charge in [0.25, 0.3) is 0 Å². The molecule has 22 heavy (non-hydrogen) atoms. The van der Waals surface area contributed by atoms with Gasteiger partial charge >= 0.3 is 6.09 Å². The van der Waals surface area contributed by atoms with E-state index in [-0.39, 0.29) is 18.0 Å². The van der Waals surface area contributed by atoms with E-state index >= 15 is 0 Å². The Hall–Kier alpha value is -1.85. The normalized spacial score (nSPS) is 22.0. The van der Waals surface area contributed by atoms with E-state index in [9.17, 15) is 9.18 Å². The van der Waals surface area contributed by atoms with Crippen LogP contribution < -0.4 is 10.6 Å². The molecule has 0 saturated heterocycles. The zero-order chi connectivity index (χ0) is 16.2. The molecule has 1 aliphatic carbocycles. The third kappa shape index (κ3) is 5.50. The first kappa shape index (κ1) is 16.5. The van der Waals surface area contributed by atoms with E-state index in [2.05, 4.69) is 15.6 Å². The summed E-state index contributed by atoms with van der Waals surface area (Å²) in [6, 6.07) is 3.48. The molecule has 0 spiro atoms. The molecular formula is C16H24FN3O2. The number of nitrogens with one attached hydrogen (secondary N) is 2. The van der Waals surface area contributed by atoms with E-state index < -0.39 is 5.60 Å². The van der Waals surface area contributed by atoms with Crippen molar-refractivity contribution in [1.82, 2.24) is 10.3 Å². The SMILES string of the molecule is CC(C)(C)OC(=O)NC1CCC(Nc2ccc(F)cn2)CC1. The number of nitrogens with zero attached hydrogens (tertiary/aromatic N) is 1. The Morgan fingerprint density at radius 2 is 1.86 bits per heavy atom. The molecular weight excluding hydrogens is 285 g/mol. The number of pyridine rings is 1. The van der Waals surface area contributed by atoms with Crippen molar-refractivity contribution >= 4 is 11.9 Å². The predicted octanol–water partition coefficient (Wildman–Crippen LogP) is 3.47. The molecule has 1 fully saturated rings. The van der Waals surface area contributed by atoms with E-state index in [1.807, 2.05) is 20.8 Å². The summed E-state index contributed by atoms with van der Waals surface area (Å²) in [5.41, 5.74) is -0.475. The van der Waals surface area contributed by atoms with Gasteiger partial charge < -0.3 is 15.4 Å². The monoisotopic (exact) mass is 309 g/mol. The topological polar surface area (TPSA) is 63.2 Å². The van der Waals surface area contributed by atoms with E-state index in [1.54, 1.807) is 6.07 Å². The van der Waals surface area contributed by atoms with Gasteiger partial charge in [-0.2, -0.15) is 0 Å². The Morgan fingerprint density at radius 3 is 2.41 bits per heavy atom. The van der Waals surface area contributed by atoms with Crippen molar-refractivity contribution in [1.29, 1.82) is 0 Å². The van der Waals surface area contributed by atoms with Crippen molar-refractivity contribution < 1.29 is 13.9 Å². The summed E-state index contributed by atoms with van der Waals surface area (Å²) in [6.45, 7) is 5.55. The van der Waals surface area contributed by atoms with Gasteiger partial charge in [0.05, 0.1) is 6.20 Å². The van der Waals surface area contributed by atoms with Crippen LogP contribution in [0, 0.1) is 5.82 Å². The van der Waals surface area contributed by atoms with Crippen molar-refractivity contribution in [3.63, 3.8) is 0 Å². The van der Waals surface area contributed by atoms with Crippen molar-refractivity contribution in [3.05, 3.63) is 24.1 Å². The van der Waals surface area contributed by atoms with Crippen LogP contribution in [0.2, 0.25) is 0 Å². The number of aromatic nitrogens is 1. The first-order chi connectivity index (χ1) is 10.3. The van der Waals surface area contributed by atoms with Crippen LogP contribution in [-0.4, -0.2) is 28.8 Å². The lowest BCUT2D eigenvalue weighted by Crippen LogP contribution is -2.42. The van der Waals surface area contributed by atoms with Crippen LogP contribution in [0.4, 0.5) is 15.0 Å². The minimum absolute atomic E-state index is 0.147. The maximum Gasteiger partial charge on any atom is 0.407 e. The molecule has 1 aromatic heterocycles. The smallest absolute Gasteiger partial charge is 0.407 e. The second-order valence-electron chi connectivity index (χ2n) is 6.70. The molecule has 1 saturated carbocycles. The molecule has 0 aliphatic heterocycles. The molecule has 1 amide bonds. The number of carbonyl (C=O) groups excluding carboxylic acids is 1. The average molecular weight is 309 g/mol. The van der Waals surface area contributed by atoms with Gasteiger partial charge in [0.2, 0.25) is 0 Å². The minimum Gasteiger partial charge on any atom is -0.444 e. The summed E-state index contributed by atoms with van der Waals surface area (Å²) < 4.78 is 18.1. The molecule has 1 aromatic rings. The lowest BCUT2D eigenvalue weighted by molar-refractivity contribution is 0.0492. The highest BCUT2D eigenvalue weighted by Crippen LogP contribution is 2.22. The Kier molecular flexibility index (Phi) is 5.21. The Labute approximate surface area is 130 Å². The summed E-state index contributed by atoms with van der Waals surface area (Å²) >= 11 is 0. The van der Waals surface area contributed by atoms with Crippen molar-refractivity contribution in [2.24, 2.45) is 0 Å². The molecule has 5 nitrogen and oxygen atoms in total. The molecule has 0 aromatic carbocycles. The van der Waals surface area contributed by atoms with Crippen LogP contribution in [0.5, 0.6) is 0 Å². The van der Waals surface area contributed by atoms with E-state index in [0.29, 0.717) is 11.9 Å². The molecule has 0 unspecified atom stereocenters. The van der Waals surface area contributed by atoms with Crippen molar-refractivity contribution in [2.75, 3.05) is 5.32 Å². The number of halogens is 1. The fourth-order valence-corrected chi connectivity index (χ4v) is 2.53. The molecule has 6 heteroatoms. The average Bonchev–Trinajstić information content (AvgIpc) is 2.41. The van der Waals surface area contributed by atoms with Crippen molar-refractivity contribution in [2.45, 2.75) is 64.1 Å². The summed E-state index contributed by atoms with van der Waals surface area (Å²) in [5.74, 6) is 0.348. The van der Waals surface area contributed by atoms with E-state index in [4.69, 9.17) is 4.74 Å². The number of hydrogen-bond donors (Lipinski definition) is 2. The number of amides is 1. The van der Waals surface area contributed by atoms with Gasteiger partial charge in [-0.15, -0.1) is 0 Å². The summed E-state index contributed by atoms with van der Waals surface area (Å²) in [5, 5.41) is 6.21. The fourth-order valence-electron chi connectivity index (χ4n) is 2.53. The number of carbonyl (C=O) groups is 1. The summed E-state index contributed by atoms with van der Waals surface area (Å²) in [7, 11) is 0. The summed E-state index contributed by atoms with van der Waals surface area (Å²) in [4.78, 5) is 15.7. The number of rotatable bonds is 3. The lowest BCUT2D eigenvalue weighted by Gasteiger charge is -2.30. The number of anilines is 1. The quantitative estimate of drug-likeness (QED) is 0.897. The first-order valence-corrected chi connectivity index (χ1v) is 7.69. The molecule has 0 radical (unpaired) electrons. The Bertz CT molecular complexity index is 491. The van der Waals surface area contributed by atoms with Gasteiger partial charge in [0.1, 0.15) is 17.2 Å². The number of alkyl carbamates (subject to hydrolysis) is 1. The van der Waals surface area contributed by atoms with Crippen LogP contribution >= 0.6 is 0 Å². The Morgan fingerprint density at radius 1 is 1.23 bits per heavy atom. The zero-order valence-corrected chi connectivity index (χ0v) is 13.4. The molecule has 2 N–H and O–H groups in total. The highest BCUT2D eigenvalue weighted by atomic mass is 19.1. The maximum atomic E-state index is 12.8. The number of ether oxygens (including phenoxy) is 1. The van der Waals surface area contributed by atoms with Gasteiger partial charge in [-0.05, 0) is 58.6 Å². The predicted molar refractivity (Wildman–Crippen MR) is 83.2 cm³/mol. The van der Waals surface area contributed by atoms with Gasteiger partial charge in [-0.1, -0.05) is 0 Å². The largest absolute Gasteiger partial charge is 0.444 e. The van der Waals surface area contributed by atoms with Gasteiger partial charge in [-0.25, -0.2) is 14.2 Å². The lowest BCUT2D eigenvalue weighted by atomic mass is 9.91. The van der Waals surface area contributed by atoms with Crippen molar-refractivity contribution in [3.8, 4) is 0 Å². The number of hydrogen-bond acceptors (Lipinski definition) is 4. The first-order valence-electron chi connectivity index (χ1n) is 7.69. The van der Waals surface area contributed by atoms with Crippen LogP contribution in [0.3, 0.4) is 0 Å². The molecule has 1 heterocycles. The maximum absolute atomic E-state index is 12.8. The standard InChI is InChI=1S/C16H24FN3O2/c1-16(2,3)22-15(21)20-13-7-5-12(6-8-13)19-14-9-4-11(17)10-18-14/h4,9-10,12-13H,5-8H2,1-3H3,(H,18,19)(H,20,21). The van der Waals surface area contributed by atoms with Gasteiger partial charge in [0.15, 0.2) is 0 Å². The van der Waals surface area contributed by atoms with Crippen LogP contribution in [-0.2, 0) is 4.74 Å². The minimum atomic E-state index is -0.475. The molecule has 0 atom stereocenters. The summed E-state index contributed by atoms with van der Waals surface area (Å²) in [6.07, 6.45) is 4.48. The molecule has 122 valence electrons. The molecule has 0 bridgehead atoms. The highest BCUT2D eigenvalue weighted by molar-refractivity contribution is 5.68. The molecule has 1 aliphatic rings. The molecule has 2 rings (SSSR count). The van der Waals surface area contributed by atoms with Gasteiger partial charge in [-0.3, -0.25) is 0 Å². The van der Waals surface area contributed by atoms with Gasteiger partial charge in [0, 0.05) is 12.1 Å². The third-order valence-electron chi connectivity index (χ3n) is 3.53. The second kappa shape index (κ2) is 6.94. The highest BCUT2D eigenvalue weighted by Gasteiger charge is 2.24. The second-order valence-corrected chi connectivity index (χ2v) is 6.70. The zero-order valence-electron chi connectivity index (χ0n) is 13.4. The van der Waals surface area contributed by atoms with Crippen LogP contribution in [0.15, 0.2) is 18.3 Å². The fraction of sp³-hybridized carbons (Fsp3) is 0.625. The van der Waals surface area contributed by atoms with Crippen LogP contribution in [0.25, 0.3) is 0 Å². The van der Waals surface area contributed by atoms with Crippen LogP contribution in [0.1, 0.15) is 46.5 Å².